The highest BCUT2D eigenvalue weighted by atomic mass is 79.9. The van der Waals surface area contributed by atoms with Gasteiger partial charge in [0.15, 0.2) is 0 Å². The second-order valence-electron chi connectivity index (χ2n) is 4.76. The standard InChI is InChI=1S/C16H16BrNOS2/c1-19-15-11-13(7-8-18-15)16(20-9-2-10-21-16)12-3-5-14(17)6-4-12/h3-8,11H,2,9-10H2,1H3. The SMILES string of the molecule is COc1cc(C2(c3ccc(Br)cc3)SCCCS2)ccn1. The third kappa shape index (κ3) is 3.10. The van der Waals surface area contributed by atoms with Gasteiger partial charge in [0, 0.05) is 16.7 Å². The lowest BCUT2D eigenvalue weighted by molar-refractivity contribution is 0.397. The van der Waals surface area contributed by atoms with Crippen LogP contribution < -0.4 is 4.74 Å². The van der Waals surface area contributed by atoms with Crippen molar-refractivity contribution in [1.82, 2.24) is 4.98 Å². The number of hydrogen-bond acceptors (Lipinski definition) is 4. The smallest absolute Gasteiger partial charge is 0.213 e. The number of thioether (sulfide) groups is 2. The molecule has 1 aliphatic rings. The van der Waals surface area contributed by atoms with Crippen molar-refractivity contribution in [2.24, 2.45) is 0 Å². The van der Waals surface area contributed by atoms with Gasteiger partial charge in [-0.1, -0.05) is 28.1 Å². The largest absolute Gasteiger partial charge is 0.481 e. The van der Waals surface area contributed by atoms with Crippen molar-refractivity contribution in [3.05, 3.63) is 58.2 Å². The number of hydrogen-bond donors (Lipinski definition) is 0. The van der Waals surface area contributed by atoms with Crippen molar-refractivity contribution in [3.63, 3.8) is 0 Å². The molecule has 0 radical (unpaired) electrons. The monoisotopic (exact) mass is 381 g/mol. The lowest BCUT2D eigenvalue weighted by atomic mass is 10.0. The Kier molecular flexibility index (Phi) is 4.82. The van der Waals surface area contributed by atoms with Gasteiger partial charge in [0.1, 0.15) is 4.08 Å². The predicted molar refractivity (Wildman–Crippen MR) is 95.2 cm³/mol. The van der Waals surface area contributed by atoms with E-state index in [2.05, 4.69) is 57.3 Å². The zero-order chi connectivity index (χ0) is 14.7. The minimum atomic E-state index is -0.0603. The molecule has 0 bridgehead atoms. The van der Waals surface area contributed by atoms with E-state index in [0.717, 1.165) is 4.47 Å². The number of aromatic nitrogens is 1. The quantitative estimate of drug-likeness (QED) is 0.751. The first kappa shape index (κ1) is 15.3. The summed E-state index contributed by atoms with van der Waals surface area (Å²) in [7, 11) is 1.67. The number of pyridine rings is 1. The number of halogens is 1. The summed E-state index contributed by atoms with van der Waals surface area (Å²) in [4.78, 5) is 4.24. The van der Waals surface area contributed by atoms with Crippen molar-refractivity contribution >= 4 is 39.5 Å². The summed E-state index contributed by atoms with van der Waals surface area (Å²) < 4.78 is 6.36. The topological polar surface area (TPSA) is 22.1 Å². The van der Waals surface area contributed by atoms with Gasteiger partial charge in [-0.05, 0) is 47.3 Å². The highest BCUT2D eigenvalue weighted by molar-refractivity contribution is 9.10. The minimum Gasteiger partial charge on any atom is -0.481 e. The van der Waals surface area contributed by atoms with E-state index in [1.165, 1.54) is 29.1 Å². The normalized spacial score (nSPS) is 17.4. The molecule has 0 saturated carbocycles. The van der Waals surface area contributed by atoms with Crippen LogP contribution in [-0.4, -0.2) is 23.6 Å². The van der Waals surface area contributed by atoms with Crippen LogP contribution in [0.15, 0.2) is 47.1 Å². The van der Waals surface area contributed by atoms with Crippen LogP contribution in [0.3, 0.4) is 0 Å². The van der Waals surface area contributed by atoms with E-state index in [-0.39, 0.29) is 4.08 Å². The van der Waals surface area contributed by atoms with Crippen molar-refractivity contribution in [2.45, 2.75) is 10.5 Å². The van der Waals surface area contributed by atoms with E-state index in [0.29, 0.717) is 5.88 Å². The molecule has 2 aromatic rings. The molecule has 21 heavy (non-hydrogen) atoms. The minimum absolute atomic E-state index is 0.0603. The maximum Gasteiger partial charge on any atom is 0.213 e. The molecule has 3 rings (SSSR count). The van der Waals surface area contributed by atoms with Crippen LogP contribution in [0.2, 0.25) is 0 Å². The summed E-state index contributed by atoms with van der Waals surface area (Å²) in [6.45, 7) is 0. The molecule has 1 aromatic carbocycles. The van der Waals surface area contributed by atoms with Crippen molar-refractivity contribution < 1.29 is 4.74 Å². The zero-order valence-corrected chi connectivity index (χ0v) is 14.9. The van der Waals surface area contributed by atoms with Gasteiger partial charge < -0.3 is 4.74 Å². The summed E-state index contributed by atoms with van der Waals surface area (Å²) in [6, 6.07) is 12.8. The number of benzene rings is 1. The number of rotatable bonds is 3. The Hall–Kier alpha value is -0.650. The van der Waals surface area contributed by atoms with Gasteiger partial charge in [-0.3, -0.25) is 0 Å². The summed E-state index contributed by atoms with van der Waals surface area (Å²) in [5.41, 5.74) is 2.58. The van der Waals surface area contributed by atoms with Gasteiger partial charge in [-0.25, -0.2) is 4.98 Å². The van der Waals surface area contributed by atoms with Crippen LogP contribution in [0.25, 0.3) is 0 Å². The van der Waals surface area contributed by atoms with Crippen LogP contribution in [0.5, 0.6) is 5.88 Å². The second-order valence-corrected chi connectivity index (χ2v) is 8.55. The molecule has 0 N–H and O–H groups in total. The van der Waals surface area contributed by atoms with E-state index in [1.807, 2.05) is 29.7 Å². The first-order valence-electron chi connectivity index (χ1n) is 6.79. The molecule has 1 aliphatic heterocycles. The van der Waals surface area contributed by atoms with E-state index in [1.54, 1.807) is 7.11 Å². The van der Waals surface area contributed by atoms with Crippen LogP contribution in [0.4, 0.5) is 0 Å². The highest BCUT2D eigenvalue weighted by Gasteiger charge is 2.37. The Labute approximate surface area is 142 Å². The van der Waals surface area contributed by atoms with Crippen molar-refractivity contribution in [3.8, 4) is 5.88 Å². The molecular weight excluding hydrogens is 366 g/mol. The summed E-state index contributed by atoms with van der Waals surface area (Å²) >= 11 is 7.53. The van der Waals surface area contributed by atoms with Crippen LogP contribution in [0, 0.1) is 0 Å². The molecule has 1 saturated heterocycles. The molecule has 5 heteroatoms. The van der Waals surface area contributed by atoms with E-state index < -0.39 is 0 Å². The van der Waals surface area contributed by atoms with Gasteiger partial charge in [-0.2, -0.15) is 0 Å². The first-order valence-corrected chi connectivity index (χ1v) is 9.55. The Balaban J connectivity index is 2.09. The molecule has 0 unspecified atom stereocenters. The molecular formula is C16H16BrNOS2. The summed E-state index contributed by atoms with van der Waals surface area (Å²) in [5, 5.41) is 0. The third-order valence-corrected chi connectivity index (χ3v) is 7.42. The van der Waals surface area contributed by atoms with Crippen LogP contribution in [-0.2, 0) is 4.08 Å². The van der Waals surface area contributed by atoms with Gasteiger partial charge in [0.05, 0.1) is 7.11 Å². The first-order chi connectivity index (χ1) is 10.2. The molecule has 2 nitrogen and oxygen atoms in total. The molecule has 1 fully saturated rings. The average molecular weight is 382 g/mol. The fraction of sp³-hybridized carbons (Fsp3) is 0.312. The average Bonchev–Trinajstić information content (AvgIpc) is 2.56. The molecule has 110 valence electrons. The fourth-order valence-electron chi connectivity index (χ4n) is 2.43. The predicted octanol–water partition coefficient (Wildman–Crippen LogP) is 4.92. The molecule has 0 aliphatic carbocycles. The fourth-order valence-corrected chi connectivity index (χ4v) is 6.05. The summed E-state index contributed by atoms with van der Waals surface area (Å²) in [6.07, 6.45) is 3.10. The third-order valence-electron chi connectivity index (χ3n) is 3.45. The van der Waals surface area contributed by atoms with E-state index >= 15 is 0 Å². The van der Waals surface area contributed by atoms with Crippen LogP contribution in [0.1, 0.15) is 17.5 Å². The Morgan fingerprint density at radius 2 is 1.81 bits per heavy atom. The molecule has 1 aromatic heterocycles. The van der Waals surface area contributed by atoms with Gasteiger partial charge in [-0.15, -0.1) is 23.5 Å². The Morgan fingerprint density at radius 1 is 1.10 bits per heavy atom. The van der Waals surface area contributed by atoms with Gasteiger partial charge in [0.25, 0.3) is 0 Å². The zero-order valence-electron chi connectivity index (χ0n) is 11.7. The van der Waals surface area contributed by atoms with E-state index in [4.69, 9.17) is 4.74 Å². The Bertz CT molecular complexity index is 612. The molecule has 0 spiro atoms. The van der Waals surface area contributed by atoms with Crippen LogP contribution >= 0.6 is 39.5 Å². The number of nitrogens with zero attached hydrogens (tertiary/aromatic N) is 1. The van der Waals surface area contributed by atoms with Gasteiger partial charge >= 0.3 is 0 Å². The lowest BCUT2D eigenvalue weighted by Gasteiger charge is -2.37. The molecule has 0 atom stereocenters. The maximum absolute atomic E-state index is 5.31. The molecule has 2 heterocycles. The van der Waals surface area contributed by atoms with Gasteiger partial charge in [0.2, 0.25) is 5.88 Å². The van der Waals surface area contributed by atoms with E-state index in [9.17, 15) is 0 Å². The van der Waals surface area contributed by atoms with Crippen molar-refractivity contribution in [2.75, 3.05) is 18.6 Å². The highest BCUT2D eigenvalue weighted by Crippen LogP contribution is 2.55. The Morgan fingerprint density at radius 3 is 2.48 bits per heavy atom. The van der Waals surface area contributed by atoms with Crippen molar-refractivity contribution in [1.29, 1.82) is 0 Å². The number of ether oxygens (including phenoxy) is 1. The lowest BCUT2D eigenvalue weighted by Crippen LogP contribution is -2.24. The second kappa shape index (κ2) is 6.63. The summed E-state index contributed by atoms with van der Waals surface area (Å²) in [5.74, 6) is 3.03. The number of methoxy groups -OCH3 is 1. The maximum atomic E-state index is 5.31. The molecule has 0 amide bonds.